The van der Waals surface area contributed by atoms with Crippen LogP contribution in [0.3, 0.4) is 0 Å². The van der Waals surface area contributed by atoms with Crippen molar-refractivity contribution >= 4 is 11.4 Å². The summed E-state index contributed by atoms with van der Waals surface area (Å²) in [5, 5.41) is 14.4. The topological polar surface area (TPSA) is 99.9 Å². The molecule has 0 fully saturated rings. The van der Waals surface area contributed by atoms with Crippen molar-refractivity contribution in [2.24, 2.45) is 0 Å². The van der Waals surface area contributed by atoms with Crippen molar-refractivity contribution in [2.75, 3.05) is 5.73 Å². The monoisotopic (exact) mass is 205 g/mol. The maximum atomic E-state index is 10.6. The Bertz CT molecular complexity index is 494. The zero-order chi connectivity index (χ0) is 10.8. The van der Waals surface area contributed by atoms with Gasteiger partial charge in [0.1, 0.15) is 12.7 Å². The Morgan fingerprint density at radius 2 is 2.20 bits per heavy atom. The van der Waals surface area contributed by atoms with E-state index >= 15 is 0 Å². The van der Waals surface area contributed by atoms with Crippen molar-refractivity contribution in [2.45, 2.75) is 0 Å². The van der Waals surface area contributed by atoms with E-state index in [0.29, 0.717) is 11.4 Å². The van der Waals surface area contributed by atoms with E-state index in [9.17, 15) is 10.1 Å². The van der Waals surface area contributed by atoms with Gasteiger partial charge in [0.05, 0.1) is 10.6 Å². The van der Waals surface area contributed by atoms with Gasteiger partial charge in [-0.2, -0.15) is 5.10 Å². The summed E-state index contributed by atoms with van der Waals surface area (Å²) < 4.78 is 1.41. The molecule has 7 nitrogen and oxygen atoms in total. The number of nitrogen functional groups attached to an aromatic ring is 1. The molecule has 7 heteroatoms. The molecule has 2 aromatic rings. The fourth-order valence-corrected chi connectivity index (χ4v) is 1.20. The molecule has 0 atom stereocenters. The Hall–Kier alpha value is -2.44. The van der Waals surface area contributed by atoms with E-state index < -0.39 is 4.92 Å². The molecular weight excluding hydrogens is 198 g/mol. The lowest BCUT2D eigenvalue weighted by molar-refractivity contribution is -0.384. The Kier molecular flexibility index (Phi) is 2.05. The number of benzene rings is 1. The van der Waals surface area contributed by atoms with Gasteiger partial charge in [0.2, 0.25) is 0 Å². The zero-order valence-electron chi connectivity index (χ0n) is 7.57. The van der Waals surface area contributed by atoms with Gasteiger partial charge < -0.3 is 5.73 Å². The third-order valence-corrected chi connectivity index (χ3v) is 1.82. The molecule has 76 valence electrons. The molecule has 0 saturated heterocycles. The first kappa shape index (κ1) is 9.13. The fraction of sp³-hybridized carbons (Fsp3) is 0. The normalized spacial score (nSPS) is 10.1. The van der Waals surface area contributed by atoms with Gasteiger partial charge in [0, 0.05) is 17.8 Å². The molecule has 0 aliphatic carbocycles. The Labute approximate surface area is 84.3 Å². The van der Waals surface area contributed by atoms with Crippen LogP contribution in [0.4, 0.5) is 11.4 Å². The Balaban J connectivity index is 2.54. The second-order valence-electron chi connectivity index (χ2n) is 2.88. The Morgan fingerprint density at radius 1 is 1.40 bits per heavy atom. The minimum Gasteiger partial charge on any atom is -0.398 e. The van der Waals surface area contributed by atoms with Gasteiger partial charge in [0.25, 0.3) is 5.69 Å². The molecule has 2 rings (SSSR count). The number of hydrogen-bond acceptors (Lipinski definition) is 5. The fourth-order valence-electron chi connectivity index (χ4n) is 1.20. The molecule has 0 unspecified atom stereocenters. The number of nitrogens with zero attached hydrogens (tertiary/aromatic N) is 4. The van der Waals surface area contributed by atoms with Crippen LogP contribution in [0, 0.1) is 10.1 Å². The number of nitro benzene ring substituents is 1. The second kappa shape index (κ2) is 3.37. The first-order chi connectivity index (χ1) is 7.16. The van der Waals surface area contributed by atoms with Crippen LogP contribution in [0.2, 0.25) is 0 Å². The van der Waals surface area contributed by atoms with Crippen LogP contribution in [-0.4, -0.2) is 19.7 Å². The highest BCUT2D eigenvalue weighted by Crippen LogP contribution is 2.20. The van der Waals surface area contributed by atoms with Crippen LogP contribution in [-0.2, 0) is 0 Å². The molecular formula is C8H7N5O2. The summed E-state index contributed by atoms with van der Waals surface area (Å²) in [5.41, 5.74) is 6.30. The lowest BCUT2D eigenvalue weighted by Crippen LogP contribution is -1.98. The maximum Gasteiger partial charge on any atom is 0.273 e. The zero-order valence-corrected chi connectivity index (χ0v) is 7.57. The summed E-state index contributed by atoms with van der Waals surface area (Å²) in [6, 6.07) is 4.26. The molecule has 1 aromatic carbocycles. The summed E-state index contributed by atoms with van der Waals surface area (Å²) in [6.07, 6.45) is 2.79. The van der Waals surface area contributed by atoms with E-state index in [2.05, 4.69) is 10.1 Å². The number of nitro groups is 1. The average Bonchev–Trinajstić information content (AvgIpc) is 2.69. The largest absolute Gasteiger partial charge is 0.398 e. The standard InChI is InChI=1S/C8H7N5O2/c9-6-1-7(12-5-10-4-11-12)3-8(2-6)13(14)15/h1-5H,9H2. The van der Waals surface area contributed by atoms with Gasteiger partial charge in [-0.1, -0.05) is 0 Å². The molecule has 0 bridgehead atoms. The minimum atomic E-state index is -0.503. The van der Waals surface area contributed by atoms with Crippen molar-refractivity contribution in [3.63, 3.8) is 0 Å². The highest BCUT2D eigenvalue weighted by atomic mass is 16.6. The molecule has 0 aliphatic rings. The third kappa shape index (κ3) is 1.75. The summed E-state index contributed by atoms with van der Waals surface area (Å²) in [7, 11) is 0. The number of hydrogen-bond donors (Lipinski definition) is 1. The van der Waals surface area contributed by atoms with E-state index in [1.165, 1.54) is 29.5 Å². The lowest BCUT2D eigenvalue weighted by Gasteiger charge is -2.01. The summed E-state index contributed by atoms with van der Waals surface area (Å²) >= 11 is 0. The van der Waals surface area contributed by atoms with E-state index in [-0.39, 0.29) is 5.69 Å². The Morgan fingerprint density at radius 3 is 2.80 bits per heavy atom. The minimum absolute atomic E-state index is 0.0690. The van der Waals surface area contributed by atoms with Crippen LogP contribution >= 0.6 is 0 Å². The summed E-state index contributed by atoms with van der Waals surface area (Å²) in [5.74, 6) is 0. The molecule has 0 radical (unpaired) electrons. The van der Waals surface area contributed by atoms with Crippen LogP contribution in [0.5, 0.6) is 0 Å². The van der Waals surface area contributed by atoms with Crippen molar-refractivity contribution in [1.29, 1.82) is 0 Å². The van der Waals surface area contributed by atoms with Gasteiger partial charge in [-0.25, -0.2) is 9.67 Å². The first-order valence-corrected chi connectivity index (χ1v) is 4.07. The summed E-state index contributed by atoms with van der Waals surface area (Å²) in [6.45, 7) is 0. The molecule has 15 heavy (non-hydrogen) atoms. The van der Waals surface area contributed by atoms with Crippen LogP contribution < -0.4 is 5.73 Å². The number of non-ortho nitro benzene ring substituents is 1. The van der Waals surface area contributed by atoms with Crippen LogP contribution in [0.1, 0.15) is 0 Å². The van der Waals surface area contributed by atoms with E-state index in [0.717, 1.165) is 0 Å². The van der Waals surface area contributed by atoms with Crippen molar-refractivity contribution in [3.05, 3.63) is 41.0 Å². The molecule has 0 aliphatic heterocycles. The van der Waals surface area contributed by atoms with E-state index in [1.807, 2.05) is 0 Å². The van der Waals surface area contributed by atoms with Crippen molar-refractivity contribution in [3.8, 4) is 5.69 Å². The molecule has 0 spiro atoms. The van der Waals surface area contributed by atoms with Crippen molar-refractivity contribution in [1.82, 2.24) is 14.8 Å². The SMILES string of the molecule is Nc1cc(-n2cncn2)cc([N+](=O)[O-])c1. The van der Waals surface area contributed by atoms with Gasteiger partial charge in [-0.3, -0.25) is 10.1 Å². The maximum absolute atomic E-state index is 10.6. The van der Waals surface area contributed by atoms with Crippen molar-refractivity contribution < 1.29 is 4.92 Å². The van der Waals surface area contributed by atoms with Crippen LogP contribution in [0.25, 0.3) is 5.69 Å². The van der Waals surface area contributed by atoms with Crippen LogP contribution in [0.15, 0.2) is 30.9 Å². The smallest absolute Gasteiger partial charge is 0.273 e. The molecule has 2 N–H and O–H groups in total. The lowest BCUT2D eigenvalue weighted by atomic mass is 10.2. The number of rotatable bonds is 2. The van der Waals surface area contributed by atoms with E-state index in [1.54, 1.807) is 6.07 Å². The third-order valence-electron chi connectivity index (χ3n) is 1.82. The van der Waals surface area contributed by atoms with E-state index in [4.69, 9.17) is 5.73 Å². The van der Waals surface area contributed by atoms with Gasteiger partial charge in [0.15, 0.2) is 0 Å². The molecule has 1 aromatic heterocycles. The number of aromatic nitrogens is 3. The highest BCUT2D eigenvalue weighted by molar-refractivity contribution is 5.55. The summed E-state index contributed by atoms with van der Waals surface area (Å²) in [4.78, 5) is 13.8. The predicted octanol–water partition coefficient (Wildman–Crippen LogP) is 0.758. The molecule has 0 saturated carbocycles. The predicted molar refractivity (Wildman–Crippen MR) is 52.4 cm³/mol. The second-order valence-corrected chi connectivity index (χ2v) is 2.88. The highest BCUT2D eigenvalue weighted by Gasteiger charge is 2.09. The average molecular weight is 205 g/mol. The molecule has 0 amide bonds. The molecule has 1 heterocycles. The quantitative estimate of drug-likeness (QED) is 0.443. The number of anilines is 1. The van der Waals surface area contributed by atoms with Gasteiger partial charge in [-0.15, -0.1) is 0 Å². The van der Waals surface area contributed by atoms with Gasteiger partial charge in [-0.05, 0) is 6.07 Å². The number of nitrogens with two attached hydrogens (primary N) is 1. The van der Waals surface area contributed by atoms with Gasteiger partial charge >= 0.3 is 0 Å². The first-order valence-electron chi connectivity index (χ1n) is 4.07.